The fourth-order valence-corrected chi connectivity index (χ4v) is 4.77. The van der Waals surface area contributed by atoms with Crippen LogP contribution in [0.2, 0.25) is 0 Å². The molecule has 1 aliphatic heterocycles. The van der Waals surface area contributed by atoms with Crippen molar-refractivity contribution in [3.63, 3.8) is 0 Å². The second-order valence-corrected chi connectivity index (χ2v) is 8.24. The molecule has 0 aromatic heterocycles. The monoisotopic (exact) mass is 337 g/mol. The predicted molar refractivity (Wildman–Crippen MR) is 87.5 cm³/mol. The van der Waals surface area contributed by atoms with Gasteiger partial charge in [0.1, 0.15) is 0 Å². The van der Waals surface area contributed by atoms with Gasteiger partial charge in [-0.1, -0.05) is 6.07 Å². The molecule has 0 radical (unpaired) electrons. The van der Waals surface area contributed by atoms with Gasteiger partial charge in [0.2, 0.25) is 15.9 Å². The maximum atomic E-state index is 12.8. The van der Waals surface area contributed by atoms with Crippen LogP contribution in [0.4, 0.5) is 0 Å². The van der Waals surface area contributed by atoms with E-state index in [0.29, 0.717) is 31.1 Å². The highest BCUT2D eigenvalue weighted by Crippen LogP contribution is 2.26. The first-order valence-corrected chi connectivity index (χ1v) is 9.50. The molecule has 6 nitrogen and oxygen atoms in total. The van der Waals surface area contributed by atoms with Crippen LogP contribution in [-0.4, -0.2) is 55.8 Å². The summed E-state index contributed by atoms with van der Waals surface area (Å²) in [4.78, 5) is 13.9. The molecular weight excluding hydrogens is 314 g/mol. The summed E-state index contributed by atoms with van der Waals surface area (Å²) >= 11 is 0. The van der Waals surface area contributed by atoms with Crippen LogP contribution in [0.3, 0.4) is 0 Å². The number of nitrogens with two attached hydrogens (primary N) is 1. The van der Waals surface area contributed by atoms with Crippen LogP contribution in [0.15, 0.2) is 23.1 Å². The zero-order chi connectivity index (χ0) is 16.6. The lowest BCUT2D eigenvalue weighted by molar-refractivity contribution is -0.133. The Kier molecular flexibility index (Phi) is 4.44. The van der Waals surface area contributed by atoms with Gasteiger partial charge >= 0.3 is 0 Å². The minimum absolute atomic E-state index is 0.125. The zero-order valence-corrected chi connectivity index (χ0v) is 14.2. The number of aryl methyl sites for hydroxylation is 2. The van der Waals surface area contributed by atoms with Crippen LogP contribution in [-0.2, 0) is 27.7 Å². The molecule has 2 N–H and O–H groups in total. The molecule has 1 amide bonds. The number of carbonyl (C=O) groups is 1. The van der Waals surface area contributed by atoms with Gasteiger partial charge in [-0.3, -0.25) is 4.79 Å². The largest absolute Gasteiger partial charge is 0.339 e. The summed E-state index contributed by atoms with van der Waals surface area (Å²) in [5, 5.41) is 0. The van der Waals surface area contributed by atoms with E-state index in [-0.39, 0.29) is 5.91 Å². The summed E-state index contributed by atoms with van der Waals surface area (Å²) in [6, 6.07) is 4.91. The number of hydrogen-bond acceptors (Lipinski definition) is 4. The molecule has 0 bridgehead atoms. The minimum atomic E-state index is -3.49. The highest BCUT2D eigenvalue weighted by molar-refractivity contribution is 7.89. The fourth-order valence-electron chi connectivity index (χ4n) is 3.29. The van der Waals surface area contributed by atoms with Crippen molar-refractivity contribution in [3.8, 4) is 0 Å². The Balaban J connectivity index is 1.73. The van der Waals surface area contributed by atoms with Crippen molar-refractivity contribution in [1.82, 2.24) is 9.21 Å². The van der Waals surface area contributed by atoms with Gasteiger partial charge in [0.05, 0.1) is 10.9 Å². The molecule has 2 aliphatic rings. The first-order chi connectivity index (χ1) is 10.9. The van der Waals surface area contributed by atoms with Gasteiger partial charge in [0.25, 0.3) is 0 Å². The Morgan fingerprint density at radius 1 is 1.13 bits per heavy atom. The molecule has 7 heteroatoms. The van der Waals surface area contributed by atoms with Crippen LogP contribution < -0.4 is 5.73 Å². The molecule has 1 atom stereocenters. The highest BCUT2D eigenvalue weighted by atomic mass is 32.2. The molecule has 0 spiro atoms. The lowest BCUT2D eigenvalue weighted by Gasteiger charge is -2.34. The van der Waals surface area contributed by atoms with Crippen molar-refractivity contribution in [1.29, 1.82) is 0 Å². The standard InChI is InChI=1S/C16H23N3O3S/c1-12(17)16(20)18-7-9-19(10-8-18)23(21,22)15-6-5-13-3-2-4-14(13)11-15/h5-6,11-12H,2-4,7-10,17H2,1H3/t12-/m1/s1. The number of piperazine rings is 1. The zero-order valence-electron chi connectivity index (χ0n) is 13.4. The molecule has 1 aromatic rings. The van der Waals surface area contributed by atoms with Crippen molar-refractivity contribution in [2.75, 3.05) is 26.2 Å². The van der Waals surface area contributed by atoms with Crippen molar-refractivity contribution in [3.05, 3.63) is 29.3 Å². The molecule has 0 saturated carbocycles. The second-order valence-electron chi connectivity index (χ2n) is 6.30. The van der Waals surface area contributed by atoms with Gasteiger partial charge in [0.15, 0.2) is 0 Å². The van der Waals surface area contributed by atoms with Gasteiger partial charge in [0, 0.05) is 26.2 Å². The quantitative estimate of drug-likeness (QED) is 0.863. The van der Waals surface area contributed by atoms with E-state index in [1.54, 1.807) is 17.9 Å². The summed E-state index contributed by atoms with van der Waals surface area (Å²) in [6.45, 7) is 3.07. The van der Waals surface area contributed by atoms with Gasteiger partial charge in [-0.15, -0.1) is 0 Å². The smallest absolute Gasteiger partial charge is 0.243 e. The van der Waals surface area contributed by atoms with Crippen molar-refractivity contribution >= 4 is 15.9 Å². The Hall–Kier alpha value is -1.44. The molecule has 1 heterocycles. The van der Waals surface area contributed by atoms with Crippen LogP contribution in [0.5, 0.6) is 0 Å². The first kappa shape index (κ1) is 16.4. The van der Waals surface area contributed by atoms with E-state index in [0.717, 1.165) is 24.8 Å². The summed E-state index contributed by atoms with van der Waals surface area (Å²) in [6.07, 6.45) is 3.08. The number of hydrogen-bond donors (Lipinski definition) is 1. The van der Waals surface area contributed by atoms with Crippen molar-refractivity contribution in [2.45, 2.75) is 37.1 Å². The third-order valence-electron chi connectivity index (χ3n) is 4.65. The first-order valence-electron chi connectivity index (χ1n) is 8.06. The SMILES string of the molecule is C[C@@H](N)C(=O)N1CCN(S(=O)(=O)c2ccc3c(c2)CCC3)CC1. The average molecular weight is 337 g/mol. The van der Waals surface area contributed by atoms with Gasteiger partial charge in [-0.05, 0) is 49.4 Å². The van der Waals surface area contributed by atoms with Crippen molar-refractivity contribution in [2.24, 2.45) is 5.73 Å². The third kappa shape index (κ3) is 3.13. The van der Waals surface area contributed by atoms with E-state index in [4.69, 9.17) is 5.73 Å². The molecule has 23 heavy (non-hydrogen) atoms. The van der Waals surface area contributed by atoms with E-state index < -0.39 is 16.1 Å². The number of carbonyl (C=O) groups excluding carboxylic acids is 1. The maximum absolute atomic E-state index is 12.8. The number of benzene rings is 1. The third-order valence-corrected chi connectivity index (χ3v) is 6.54. The van der Waals surface area contributed by atoms with E-state index in [1.807, 2.05) is 12.1 Å². The minimum Gasteiger partial charge on any atom is -0.339 e. The van der Waals surface area contributed by atoms with E-state index in [2.05, 4.69) is 0 Å². The number of nitrogens with zero attached hydrogens (tertiary/aromatic N) is 2. The van der Waals surface area contributed by atoms with E-state index in [9.17, 15) is 13.2 Å². The van der Waals surface area contributed by atoms with Gasteiger partial charge in [-0.2, -0.15) is 4.31 Å². The molecular formula is C16H23N3O3S. The summed E-state index contributed by atoms with van der Waals surface area (Å²) in [5.74, 6) is -0.125. The summed E-state index contributed by atoms with van der Waals surface area (Å²) < 4.78 is 27.1. The Bertz CT molecular complexity index is 707. The lowest BCUT2D eigenvalue weighted by Crippen LogP contribution is -2.53. The second kappa shape index (κ2) is 6.22. The molecule has 1 saturated heterocycles. The Morgan fingerprint density at radius 3 is 2.43 bits per heavy atom. The number of fused-ring (bicyclic) bond motifs is 1. The molecule has 3 rings (SSSR count). The maximum Gasteiger partial charge on any atom is 0.243 e. The molecule has 1 aliphatic carbocycles. The lowest BCUT2D eigenvalue weighted by atomic mass is 10.1. The average Bonchev–Trinajstić information content (AvgIpc) is 3.01. The van der Waals surface area contributed by atoms with E-state index >= 15 is 0 Å². The van der Waals surface area contributed by atoms with Gasteiger partial charge < -0.3 is 10.6 Å². The predicted octanol–water partition coefficient (Wildman–Crippen LogP) is 0.355. The topological polar surface area (TPSA) is 83.7 Å². The highest BCUT2D eigenvalue weighted by Gasteiger charge is 2.31. The Labute approximate surface area is 137 Å². The normalized spacial score (nSPS) is 20.3. The Morgan fingerprint density at radius 2 is 1.78 bits per heavy atom. The van der Waals surface area contributed by atoms with Gasteiger partial charge in [-0.25, -0.2) is 8.42 Å². The summed E-state index contributed by atoms with van der Waals surface area (Å²) in [5.41, 5.74) is 8.02. The van der Waals surface area contributed by atoms with Crippen LogP contribution in [0.1, 0.15) is 24.5 Å². The molecule has 1 fully saturated rings. The van der Waals surface area contributed by atoms with Crippen LogP contribution >= 0.6 is 0 Å². The number of sulfonamides is 1. The fraction of sp³-hybridized carbons (Fsp3) is 0.562. The molecule has 0 unspecified atom stereocenters. The van der Waals surface area contributed by atoms with Crippen LogP contribution in [0.25, 0.3) is 0 Å². The van der Waals surface area contributed by atoms with Crippen molar-refractivity contribution < 1.29 is 13.2 Å². The summed E-state index contributed by atoms with van der Waals surface area (Å²) in [7, 11) is -3.49. The molecule has 1 aromatic carbocycles. The molecule has 126 valence electrons. The number of rotatable bonds is 3. The number of amides is 1. The van der Waals surface area contributed by atoms with Crippen LogP contribution in [0, 0.1) is 0 Å². The van der Waals surface area contributed by atoms with E-state index in [1.165, 1.54) is 9.87 Å².